The number of carbonyl (C=O) groups excluding carboxylic acids is 1. The number of anilines is 1. The van der Waals surface area contributed by atoms with Gasteiger partial charge in [0, 0.05) is 68.4 Å². The van der Waals surface area contributed by atoms with Gasteiger partial charge in [-0.3, -0.25) is 9.69 Å². The van der Waals surface area contributed by atoms with Crippen molar-refractivity contribution in [2.75, 3.05) is 58.3 Å². The minimum absolute atomic E-state index is 0.00734. The Morgan fingerprint density at radius 1 is 1.30 bits per heavy atom. The second-order valence-electron chi connectivity index (χ2n) is 11.1. The number of hydrogen-bond acceptors (Lipinski definition) is 6. The van der Waals surface area contributed by atoms with Gasteiger partial charge in [0.05, 0.1) is 5.69 Å². The molecule has 4 heterocycles. The number of likely N-dealkylation sites (N-methyl/N-ethyl adjacent to an activating group) is 1. The third kappa shape index (κ3) is 4.62. The van der Waals surface area contributed by atoms with Gasteiger partial charge in [-0.05, 0) is 51.6 Å². The van der Waals surface area contributed by atoms with E-state index < -0.39 is 0 Å². The quantitative estimate of drug-likeness (QED) is 0.565. The van der Waals surface area contributed by atoms with Gasteiger partial charge in [0.25, 0.3) is 0 Å². The molecule has 37 heavy (non-hydrogen) atoms. The molecule has 1 atom stereocenters. The van der Waals surface area contributed by atoms with Crippen LogP contribution in [0.1, 0.15) is 30.2 Å². The Balaban J connectivity index is 1.54. The van der Waals surface area contributed by atoms with E-state index in [0.29, 0.717) is 48.2 Å². The fourth-order valence-corrected chi connectivity index (χ4v) is 6.32. The number of nitrogens with zero attached hydrogens (tertiary/aromatic N) is 6. The van der Waals surface area contributed by atoms with Crippen molar-refractivity contribution in [3.8, 4) is 17.2 Å². The second-order valence-corrected chi connectivity index (χ2v) is 11.1. The van der Waals surface area contributed by atoms with E-state index >= 15 is 4.39 Å². The van der Waals surface area contributed by atoms with Crippen molar-refractivity contribution in [2.45, 2.75) is 32.4 Å². The van der Waals surface area contributed by atoms with Gasteiger partial charge >= 0.3 is 0 Å². The Morgan fingerprint density at radius 3 is 2.73 bits per heavy atom. The van der Waals surface area contributed by atoms with E-state index in [4.69, 9.17) is 4.98 Å². The first kappa shape index (κ1) is 25.4. The summed E-state index contributed by atoms with van der Waals surface area (Å²) >= 11 is 0. The Hall–Kier alpha value is -3.28. The number of amides is 1. The van der Waals surface area contributed by atoms with Gasteiger partial charge in [0.1, 0.15) is 23.3 Å². The van der Waals surface area contributed by atoms with E-state index in [1.165, 1.54) is 12.1 Å². The SMILES string of the molecule is C=CC(=O)N1CC2(CCN(c3nc4c(c(-c5ccccc5F)c3C#N)CCN(C(C)CN(C)C)C4)C2)C1. The van der Waals surface area contributed by atoms with E-state index in [2.05, 4.69) is 48.4 Å². The van der Waals surface area contributed by atoms with Crippen molar-refractivity contribution >= 4 is 11.7 Å². The molecule has 194 valence electrons. The summed E-state index contributed by atoms with van der Waals surface area (Å²) in [4.78, 5) is 25.8. The Morgan fingerprint density at radius 2 is 2.05 bits per heavy atom. The third-order valence-electron chi connectivity index (χ3n) is 8.15. The Kier molecular flexibility index (Phi) is 6.78. The van der Waals surface area contributed by atoms with Crippen LogP contribution in [0.2, 0.25) is 0 Å². The molecule has 0 saturated carbocycles. The zero-order valence-electron chi connectivity index (χ0n) is 22.0. The Bertz CT molecular complexity index is 1260. The highest BCUT2D eigenvalue weighted by molar-refractivity contribution is 5.88. The summed E-state index contributed by atoms with van der Waals surface area (Å²) in [6.07, 6.45) is 3.02. The topological polar surface area (TPSA) is 66.7 Å². The monoisotopic (exact) mass is 502 g/mol. The predicted octanol–water partition coefficient (Wildman–Crippen LogP) is 3.29. The van der Waals surface area contributed by atoms with Gasteiger partial charge in [0.15, 0.2) is 0 Å². The Labute approximate surface area is 218 Å². The number of likely N-dealkylation sites (tertiary alicyclic amines) is 1. The summed E-state index contributed by atoms with van der Waals surface area (Å²) in [5.74, 6) is 0.284. The molecule has 0 radical (unpaired) electrons. The number of pyridine rings is 1. The summed E-state index contributed by atoms with van der Waals surface area (Å²) in [7, 11) is 4.15. The van der Waals surface area contributed by atoms with Crippen molar-refractivity contribution in [3.05, 3.63) is 59.6 Å². The van der Waals surface area contributed by atoms with Crippen molar-refractivity contribution in [1.29, 1.82) is 5.26 Å². The minimum atomic E-state index is -0.322. The van der Waals surface area contributed by atoms with Crippen LogP contribution in [0.5, 0.6) is 0 Å². The summed E-state index contributed by atoms with van der Waals surface area (Å²) in [6.45, 7) is 11.1. The van der Waals surface area contributed by atoms with Crippen LogP contribution >= 0.6 is 0 Å². The summed E-state index contributed by atoms with van der Waals surface area (Å²) in [6, 6.07) is 9.49. The number of nitriles is 1. The van der Waals surface area contributed by atoms with E-state index in [1.807, 2.05) is 11.0 Å². The predicted molar refractivity (Wildman–Crippen MR) is 143 cm³/mol. The fourth-order valence-electron chi connectivity index (χ4n) is 6.32. The molecule has 2 fully saturated rings. The van der Waals surface area contributed by atoms with Gasteiger partial charge in [-0.15, -0.1) is 0 Å². The van der Waals surface area contributed by atoms with Crippen LogP contribution < -0.4 is 4.90 Å². The van der Waals surface area contributed by atoms with E-state index in [0.717, 1.165) is 50.3 Å². The molecule has 3 aliphatic rings. The lowest BCUT2D eigenvalue weighted by Gasteiger charge is -2.47. The van der Waals surface area contributed by atoms with Crippen molar-refractivity contribution in [1.82, 2.24) is 19.7 Å². The van der Waals surface area contributed by atoms with Crippen LogP contribution in [-0.4, -0.2) is 85.0 Å². The zero-order valence-corrected chi connectivity index (χ0v) is 22.0. The number of fused-ring (bicyclic) bond motifs is 1. The second kappa shape index (κ2) is 9.88. The molecule has 1 amide bonds. The molecule has 8 heteroatoms. The average Bonchev–Trinajstić information content (AvgIpc) is 3.32. The minimum Gasteiger partial charge on any atom is -0.355 e. The van der Waals surface area contributed by atoms with Gasteiger partial charge < -0.3 is 14.7 Å². The summed E-state index contributed by atoms with van der Waals surface area (Å²) < 4.78 is 15.2. The fraction of sp³-hybridized carbons (Fsp3) is 0.483. The first-order valence-corrected chi connectivity index (χ1v) is 13.0. The van der Waals surface area contributed by atoms with Crippen molar-refractivity contribution in [3.63, 3.8) is 0 Å². The molecule has 3 aliphatic heterocycles. The number of benzene rings is 1. The number of rotatable bonds is 6. The third-order valence-corrected chi connectivity index (χ3v) is 8.15. The van der Waals surface area contributed by atoms with E-state index in [-0.39, 0.29) is 17.1 Å². The normalized spacial score (nSPS) is 19.5. The number of carbonyl (C=O) groups is 1. The van der Waals surface area contributed by atoms with Gasteiger partial charge in [-0.2, -0.15) is 5.26 Å². The standard InChI is InChI=1S/C29H35FN6O/c1-5-26(37)36-18-29(19-36)11-13-35(17-29)28-23(14-31)27(21-8-6-7-9-24(21)30)22-10-12-34(16-25(22)32-28)20(2)15-33(3)4/h5-9,20H,1,10-13,15-19H2,2-4H3. The maximum Gasteiger partial charge on any atom is 0.245 e. The molecule has 1 aromatic carbocycles. The lowest BCUT2D eigenvalue weighted by Crippen LogP contribution is -2.59. The summed E-state index contributed by atoms with van der Waals surface area (Å²) in [5.41, 5.74) is 3.54. The molecule has 1 aromatic heterocycles. The molecule has 0 bridgehead atoms. The highest BCUT2D eigenvalue weighted by atomic mass is 19.1. The lowest BCUT2D eigenvalue weighted by atomic mass is 9.79. The van der Waals surface area contributed by atoms with Gasteiger partial charge in [-0.25, -0.2) is 9.37 Å². The first-order valence-electron chi connectivity index (χ1n) is 13.0. The molecular formula is C29H35FN6O. The zero-order chi connectivity index (χ0) is 26.3. The van der Waals surface area contributed by atoms with E-state index in [9.17, 15) is 10.1 Å². The van der Waals surface area contributed by atoms with Crippen molar-refractivity contribution in [2.24, 2.45) is 5.41 Å². The molecule has 0 N–H and O–H groups in total. The van der Waals surface area contributed by atoms with E-state index in [1.54, 1.807) is 12.1 Å². The maximum atomic E-state index is 15.2. The smallest absolute Gasteiger partial charge is 0.245 e. The molecule has 2 aromatic rings. The number of hydrogen-bond donors (Lipinski definition) is 0. The number of aromatic nitrogens is 1. The first-order chi connectivity index (χ1) is 17.7. The summed E-state index contributed by atoms with van der Waals surface area (Å²) in [5, 5.41) is 10.4. The van der Waals surface area contributed by atoms with Crippen LogP contribution in [0.4, 0.5) is 10.2 Å². The average molecular weight is 503 g/mol. The molecule has 1 spiro atoms. The van der Waals surface area contributed by atoms with Crippen LogP contribution in [0.25, 0.3) is 11.1 Å². The molecule has 2 saturated heterocycles. The highest BCUT2D eigenvalue weighted by Gasteiger charge is 2.49. The van der Waals surface area contributed by atoms with Gasteiger partial charge in [-0.1, -0.05) is 24.8 Å². The largest absolute Gasteiger partial charge is 0.355 e. The molecule has 1 unspecified atom stereocenters. The molecule has 5 rings (SSSR count). The molecule has 7 nitrogen and oxygen atoms in total. The van der Waals surface area contributed by atoms with Crippen LogP contribution in [0.3, 0.4) is 0 Å². The maximum absolute atomic E-state index is 15.2. The molecular weight excluding hydrogens is 467 g/mol. The van der Waals surface area contributed by atoms with Crippen LogP contribution in [-0.2, 0) is 17.8 Å². The van der Waals surface area contributed by atoms with Crippen LogP contribution in [0.15, 0.2) is 36.9 Å². The van der Waals surface area contributed by atoms with Crippen molar-refractivity contribution < 1.29 is 9.18 Å². The van der Waals surface area contributed by atoms with Gasteiger partial charge in [0.2, 0.25) is 5.91 Å². The van der Waals surface area contributed by atoms with Crippen LogP contribution in [0, 0.1) is 22.6 Å². The molecule has 0 aliphatic carbocycles. The number of halogens is 1. The lowest BCUT2D eigenvalue weighted by molar-refractivity contribution is -0.136. The highest BCUT2D eigenvalue weighted by Crippen LogP contribution is 2.44.